The Hall–Kier alpha value is -1.72. The van der Waals surface area contributed by atoms with E-state index in [2.05, 4.69) is 27.7 Å². The van der Waals surface area contributed by atoms with E-state index in [1.54, 1.807) is 0 Å². The van der Waals surface area contributed by atoms with Crippen LogP contribution >= 0.6 is 0 Å². The van der Waals surface area contributed by atoms with Crippen molar-refractivity contribution >= 4 is 16.9 Å². The minimum absolute atomic E-state index is 0.580. The molecule has 0 aliphatic carbocycles. The largest absolute Gasteiger partial charge is 0.355 e. The van der Waals surface area contributed by atoms with Crippen LogP contribution in [0, 0.1) is 11.8 Å². The van der Waals surface area contributed by atoms with Gasteiger partial charge in [0.2, 0.25) is 0 Å². The van der Waals surface area contributed by atoms with Crippen molar-refractivity contribution in [1.29, 1.82) is 0 Å². The summed E-state index contributed by atoms with van der Waals surface area (Å²) in [6, 6.07) is 8.68. The molecule has 0 spiro atoms. The molecule has 3 heterocycles. The Morgan fingerprint density at radius 3 is 3.00 bits per heavy atom. The molecule has 2 N–H and O–H groups in total. The summed E-state index contributed by atoms with van der Waals surface area (Å²) >= 11 is 0. The molecule has 3 unspecified atom stereocenters. The highest BCUT2D eigenvalue weighted by molar-refractivity contribution is 5.75. The monoisotopic (exact) mass is 311 g/mol. The first-order valence-electron chi connectivity index (χ1n) is 8.80. The molecule has 2 saturated heterocycles. The van der Waals surface area contributed by atoms with Gasteiger partial charge in [0.1, 0.15) is 5.82 Å². The van der Waals surface area contributed by atoms with Crippen LogP contribution in [0.25, 0.3) is 11.0 Å². The van der Waals surface area contributed by atoms with Gasteiger partial charge in [-0.2, -0.15) is 0 Å². The van der Waals surface area contributed by atoms with E-state index in [0.29, 0.717) is 12.0 Å². The molecule has 2 fully saturated rings. The number of nitrogens with one attached hydrogen (secondary N) is 2. The molecule has 2 aromatic rings. The maximum absolute atomic E-state index is 4.83. The van der Waals surface area contributed by atoms with Crippen molar-refractivity contribution in [3.63, 3.8) is 0 Å². The zero-order valence-corrected chi connectivity index (χ0v) is 13.7. The summed E-state index contributed by atoms with van der Waals surface area (Å²) < 4.78 is 0. The van der Waals surface area contributed by atoms with Crippen LogP contribution in [-0.2, 0) is 0 Å². The van der Waals surface area contributed by atoms with Gasteiger partial charge in [-0.25, -0.2) is 4.98 Å². The summed E-state index contributed by atoms with van der Waals surface area (Å²) in [5, 5.41) is 0. The molecule has 5 nitrogen and oxygen atoms in total. The summed E-state index contributed by atoms with van der Waals surface area (Å²) in [6.07, 6.45) is 5.69. The standard InChI is InChI=1S/C18H25N5/c1-2-13-10-20-22-18(13)14-6-5-9-23(12-14)17-11-19-15-7-3-4-8-16(15)21-17/h3-4,7-8,11,13-14,18,20,22H,2,5-6,9-10,12H2,1H3. The molecule has 3 atom stereocenters. The summed E-state index contributed by atoms with van der Waals surface area (Å²) in [6.45, 7) is 5.54. The molecule has 1 aromatic heterocycles. The van der Waals surface area contributed by atoms with Crippen LogP contribution < -0.4 is 15.8 Å². The van der Waals surface area contributed by atoms with Crippen molar-refractivity contribution in [1.82, 2.24) is 20.8 Å². The van der Waals surface area contributed by atoms with Gasteiger partial charge in [0.25, 0.3) is 0 Å². The summed E-state index contributed by atoms with van der Waals surface area (Å²) in [5.41, 5.74) is 8.82. The Kier molecular flexibility index (Phi) is 4.14. The maximum atomic E-state index is 4.83. The quantitative estimate of drug-likeness (QED) is 0.911. The molecule has 2 aliphatic heterocycles. The first kappa shape index (κ1) is 14.8. The summed E-state index contributed by atoms with van der Waals surface area (Å²) in [7, 11) is 0. The molecule has 23 heavy (non-hydrogen) atoms. The topological polar surface area (TPSA) is 53.1 Å². The Morgan fingerprint density at radius 2 is 2.13 bits per heavy atom. The van der Waals surface area contributed by atoms with E-state index in [0.717, 1.165) is 42.4 Å². The van der Waals surface area contributed by atoms with Crippen LogP contribution in [0.2, 0.25) is 0 Å². The van der Waals surface area contributed by atoms with Gasteiger partial charge in [-0.05, 0) is 36.8 Å². The number of nitrogens with zero attached hydrogens (tertiary/aromatic N) is 3. The molecule has 0 amide bonds. The van der Waals surface area contributed by atoms with E-state index in [1.165, 1.54) is 19.3 Å². The molecule has 0 radical (unpaired) electrons. The molecule has 2 aliphatic rings. The van der Waals surface area contributed by atoms with Gasteiger partial charge in [0, 0.05) is 25.7 Å². The number of hydrogen-bond donors (Lipinski definition) is 2. The van der Waals surface area contributed by atoms with E-state index >= 15 is 0 Å². The average Bonchev–Trinajstić information content (AvgIpc) is 3.10. The van der Waals surface area contributed by atoms with Gasteiger partial charge in [-0.1, -0.05) is 25.5 Å². The second kappa shape index (κ2) is 6.42. The van der Waals surface area contributed by atoms with E-state index in [-0.39, 0.29) is 0 Å². The third kappa shape index (κ3) is 2.91. The minimum Gasteiger partial charge on any atom is -0.355 e. The lowest BCUT2D eigenvalue weighted by atomic mass is 9.83. The first-order chi connectivity index (χ1) is 11.3. The third-order valence-electron chi connectivity index (χ3n) is 5.39. The van der Waals surface area contributed by atoms with Crippen LogP contribution in [-0.4, -0.2) is 35.6 Å². The average molecular weight is 311 g/mol. The molecule has 4 rings (SSSR count). The molecule has 5 heteroatoms. The van der Waals surface area contributed by atoms with Crippen molar-refractivity contribution in [3.8, 4) is 0 Å². The van der Waals surface area contributed by atoms with Crippen molar-refractivity contribution in [2.24, 2.45) is 11.8 Å². The van der Waals surface area contributed by atoms with Gasteiger partial charge in [-0.3, -0.25) is 15.8 Å². The number of hydrazine groups is 1. The van der Waals surface area contributed by atoms with Gasteiger partial charge in [0.05, 0.1) is 17.2 Å². The molecule has 0 bridgehead atoms. The summed E-state index contributed by atoms with van der Waals surface area (Å²) in [5.74, 6) is 2.44. The molecular formula is C18H25N5. The zero-order valence-electron chi connectivity index (χ0n) is 13.7. The summed E-state index contributed by atoms with van der Waals surface area (Å²) in [4.78, 5) is 11.8. The van der Waals surface area contributed by atoms with Crippen LogP contribution in [0.15, 0.2) is 30.5 Å². The van der Waals surface area contributed by atoms with Crippen molar-refractivity contribution in [2.75, 3.05) is 24.5 Å². The Balaban J connectivity index is 1.54. The fourth-order valence-electron chi connectivity index (χ4n) is 4.06. The van der Waals surface area contributed by atoms with Gasteiger partial charge in [-0.15, -0.1) is 0 Å². The molecule has 0 saturated carbocycles. The highest BCUT2D eigenvalue weighted by atomic mass is 15.4. The number of hydrogen-bond acceptors (Lipinski definition) is 5. The number of piperidine rings is 1. The van der Waals surface area contributed by atoms with Crippen LogP contribution in [0.1, 0.15) is 26.2 Å². The fraction of sp³-hybridized carbons (Fsp3) is 0.556. The van der Waals surface area contributed by atoms with E-state index < -0.39 is 0 Å². The van der Waals surface area contributed by atoms with Crippen molar-refractivity contribution < 1.29 is 0 Å². The Labute approximate surface area is 137 Å². The van der Waals surface area contributed by atoms with Crippen LogP contribution in [0.4, 0.5) is 5.82 Å². The first-order valence-corrected chi connectivity index (χ1v) is 8.80. The number of aromatic nitrogens is 2. The second-order valence-electron chi connectivity index (χ2n) is 6.78. The van der Waals surface area contributed by atoms with Crippen LogP contribution in [0.5, 0.6) is 0 Å². The van der Waals surface area contributed by atoms with Gasteiger partial charge in [0.15, 0.2) is 0 Å². The van der Waals surface area contributed by atoms with Gasteiger partial charge >= 0.3 is 0 Å². The van der Waals surface area contributed by atoms with E-state index in [4.69, 9.17) is 4.98 Å². The molecule has 1 aromatic carbocycles. The predicted molar refractivity (Wildman–Crippen MR) is 93.2 cm³/mol. The highest BCUT2D eigenvalue weighted by Crippen LogP contribution is 2.29. The van der Waals surface area contributed by atoms with Crippen molar-refractivity contribution in [3.05, 3.63) is 30.5 Å². The lowest BCUT2D eigenvalue weighted by molar-refractivity contribution is 0.273. The number of fused-ring (bicyclic) bond motifs is 1. The van der Waals surface area contributed by atoms with Crippen molar-refractivity contribution in [2.45, 2.75) is 32.2 Å². The van der Waals surface area contributed by atoms with Crippen LogP contribution in [0.3, 0.4) is 0 Å². The van der Waals surface area contributed by atoms with Gasteiger partial charge < -0.3 is 4.90 Å². The normalized spacial score (nSPS) is 28.4. The lowest BCUT2D eigenvalue weighted by Gasteiger charge is -2.37. The van der Waals surface area contributed by atoms with E-state index in [9.17, 15) is 0 Å². The number of benzene rings is 1. The number of anilines is 1. The Morgan fingerprint density at radius 1 is 1.26 bits per heavy atom. The minimum atomic E-state index is 0.580. The highest BCUT2D eigenvalue weighted by Gasteiger charge is 2.35. The molecule has 122 valence electrons. The SMILES string of the molecule is CCC1CNNC1C1CCCN(c2cnc3ccccc3n2)C1. The smallest absolute Gasteiger partial charge is 0.147 e. The lowest BCUT2D eigenvalue weighted by Crippen LogP contribution is -2.47. The second-order valence-corrected chi connectivity index (χ2v) is 6.78. The fourth-order valence-corrected chi connectivity index (χ4v) is 4.06. The maximum Gasteiger partial charge on any atom is 0.147 e. The predicted octanol–water partition coefficient (Wildman–Crippen LogP) is 2.35. The number of para-hydroxylation sites is 2. The zero-order chi connectivity index (χ0) is 15.6. The third-order valence-corrected chi connectivity index (χ3v) is 5.39. The van der Waals surface area contributed by atoms with E-state index in [1.807, 2.05) is 30.5 Å². The Bertz CT molecular complexity index is 673. The number of rotatable bonds is 3. The molecular weight excluding hydrogens is 286 g/mol.